The molecule has 0 N–H and O–H groups in total. The van der Waals surface area contributed by atoms with E-state index in [1.807, 2.05) is 0 Å². The number of halogens is 3. The highest BCUT2D eigenvalue weighted by Crippen LogP contribution is 2.25. The first-order chi connectivity index (χ1) is 14.8. The molecule has 0 aromatic heterocycles. The van der Waals surface area contributed by atoms with Gasteiger partial charge >= 0.3 is 12.0 Å². The van der Waals surface area contributed by atoms with E-state index in [9.17, 15) is 14.4 Å². The van der Waals surface area contributed by atoms with Crippen LogP contribution in [0.25, 0.3) is 0 Å². The largest absolute Gasteiger partial charge is 0.469 e. The number of benzene rings is 2. The molecule has 2 amide bonds. The maximum Gasteiger partial charge on any atom is 0.320 e. The van der Waals surface area contributed by atoms with E-state index < -0.39 is 5.24 Å². The van der Waals surface area contributed by atoms with Crippen molar-refractivity contribution < 1.29 is 30.7 Å². The molecular formula is C22H22Cl3N2O4+. The van der Waals surface area contributed by atoms with Gasteiger partial charge in [-0.05, 0) is 29.3 Å². The minimum absolute atomic E-state index is 0.134. The third kappa shape index (κ3) is 5.91. The lowest BCUT2D eigenvalue weighted by Crippen LogP contribution is -2.53. The van der Waals surface area contributed by atoms with Crippen LogP contribution in [0.3, 0.4) is 0 Å². The Bertz CT molecular complexity index is 998. The minimum Gasteiger partial charge on any atom is -0.469 e. The molecule has 0 radical (unpaired) electrons. The molecule has 164 valence electrons. The highest BCUT2D eigenvalue weighted by molar-refractivity contribution is 6.67. The number of urea groups is 1. The summed E-state index contributed by atoms with van der Waals surface area (Å²) >= 11 is 17.1. The van der Waals surface area contributed by atoms with Crippen LogP contribution in [0.15, 0.2) is 42.5 Å². The van der Waals surface area contributed by atoms with E-state index in [-0.39, 0.29) is 30.9 Å². The molecule has 1 aliphatic heterocycles. The van der Waals surface area contributed by atoms with Gasteiger partial charge in [0.2, 0.25) is 5.02 Å². The molecule has 2 aromatic carbocycles. The lowest BCUT2D eigenvalue weighted by molar-refractivity contribution is -0.290. The van der Waals surface area contributed by atoms with Gasteiger partial charge in [0.15, 0.2) is 11.6 Å². The number of methoxy groups -OCH3 is 1. The van der Waals surface area contributed by atoms with Crippen molar-refractivity contribution >= 4 is 40.4 Å². The predicted octanol–water partition coefficient (Wildman–Crippen LogP) is 4.03. The van der Waals surface area contributed by atoms with E-state index in [2.05, 4.69) is 0 Å². The van der Waals surface area contributed by atoms with E-state index in [0.29, 0.717) is 40.8 Å². The molecule has 1 unspecified atom stereocenters. The average Bonchev–Trinajstić information content (AvgIpc) is 2.73. The Hall–Kier alpha value is -2.28. The summed E-state index contributed by atoms with van der Waals surface area (Å²) in [7, 11) is 1.34. The fraction of sp³-hybridized carbons (Fsp3) is 0.318. The molecule has 1 fully saturated rings. The molecule has 31 heavy (non-hydrogen) atoms. The molecule has 0 aliphatic carbocycles. The lowest BCUT2D eigenvalue weighted by atomic mass is 10.00. The van der Waals surface area contributed by atoms with Crippen LogP contribution in [0.5, 0.6) is 0 Å². The fourth-order valence-corrected chi connectivity index (χ4v) is 4.35. The average molecular weight is 485 g/mol. The number of nitrogens with zero attached hydrogens (tertiary/aromatic N) is 2. The van der Waals surface area contributed by atoms with Crippen molar-refractivity contribution in [2.75, 3.05) is 20.2 Å². The molecule has 0 saturated carbocycles. The molecule has 2 aromatic rings. The zero-order chi connectivity index (χ0) is 22.5. The maximum absolute atomic E-state index is 13.3. The summed E-state index contributed by atoms with van der Waals surface area (Å²) in [6.45, 7) is 1.23. The number of carbonyl (C=O) groups is 3. The second-order valence-corrected chi connectivity index (χ2v) is 8.59. The summed E-state index contributed by atoms with van der Waals surface area (Å²) in [5, 5.41) is 0.520. The Morgan fingerprint density at radius 1 is 1.10 bits per heavy atom. The van der Waals surface area contributed by atoms with Gasteiger partial charge in [0.25, 0.3) is 5.24 Å². The van der Waals surface area contributed by atoms with Crippen molar-refractivity contribution in [1.82, 2.24) is 9.80 Å². The van der Waals surface area contributed by atoms with Crippen molar-refractivity contribution in [2.45, 2.75) is 19.5 Å². The SMILES string of the molecule is COC(=O)CC1CN(Cc2ccc(Cl)cc2[ClH+])C(=O)N(Cc2ccccc2C(=O)Cl)C1. The summed E-state index contributed by atoms with van der Waals surface area (Å²) in [5.74, 6) is -0.476. The van der Waals surface area contributed by atoms with Crippen LogP contribution in [-0.2, 0) is 22.6 Å². The van der Waals surface area contributed by atoms with Crippen molar-refractivity contribution in [3.05, 3.63) is 69.2 Å². The van der Waals surface area contributed by atoms with Crippen molar-refractivity contribution in [3.8, 4) is 0 Å². The smallest absolute Gasteiger partial charge is 0.320 e. The molecule has 1 atom stereocenters. The Labute approximate surface area is 195 Å². The van der Waals surface area contributed by atoms with Crippen molar-refractivity contribution in [3.63, 3.8) is 0 Å². The van der Waals surface area contributed by atoms with E-state index in [1.165, 1.54) is 7.11 Å². The third-order valence-electron chi connectivity index (χ3n) is 5.16. The van der Waals surface area contributed by atoms with Gasteiger partial charge in [0.1, 0.15) is 0 Å². The van der Waals surface area contributed by atoms with Crippen LogP contribution in [0.1, 0.15) is 27.9 Å². The second kappa shape index (κ2) is 10.4. The third-order valence-corrected chi connectivity index (χ3v) is 5.98. The quantitative estimate of drug-likeness (QED) is 0.439. The molecule has 0 spiro atoms. The number of hydrogen-bond donors (Lipinski definition) is 0. The molecule has 1 saturated heterocycles. The second-order valence-electron chi connectivity index (χ2n) is 7.37. The summed E-state index contributed by atoms with van der Waals surface area (Å²) in [6.07, 6.45) is 0.175. The van der Waals surface area contributed by atoms with Crippen LogP contribution in [-0.4, -0.2) is 47.2 Å². The number of amides is 2. The monoisotopic (exact) mass is 483 g/mol. The Morgan fingerprint density at radius 3 is 2.35 bits per heavy atom. The van der Waals surface area contributed by atoms with Gasteiger partial charge in [-0.2, -0.15) is 0 Å². The fourth-order valence-electron chi connectivity index (χ4n) is 3.67. The Kier molecular flexibility index (Phi) is 7.81. The predicted molar refractivity (Wildman–Crippen MR) is 115 cm³/mol. The summed E-state index contributed by atoms with van der Waals surface area (Å²) in [5.41, 5.74) is 1.79. The first kappa shape index (κ1) is 23.4. The molecule has 1 heterocycles. The summed E-state index contributed by atoms with van der Waals surface area (Å²) < 4.78 is 4.82. The van der Waals surface area contributed by atoms with Crippen LogP contribution in [0, 0.1) is 17.5 Å². The molecule has 3 rings (SSSR count). The Balaban J connectivity index is 1.86. The van der Waals surface area contributed by atoms with Gasteiger partial charge in [-0.1, -0.05) is 35.9 Å². The molecule has 1 aliphatic rings. The normalized spacial score (nSPS) is 16.4. The number of hydrogen-bond acceptors (Lipinski definition) is 4. The molecule has 9 heteroatoms. The zero-order valence-corrected chi connectivity index (χ0v) is 19.2. The lowest BCUT2D eigenvalue weighted by Gasteiger charge is -2.40. The zero-order valence-electron chi connectivity index (χ0n) is 16.8. The van der Waals surface area contributed by atoms with Crippen LogP contribution in [0.2, 0.25) is 10.0 Å². The van der Waals surface area contributed by atoms with E-state index in [1.54, 1.807) is 52.3 Å². The van der Waals surface area contributed by atoms with Gasteiger partial charge in [-0.15, -0.1) is 0 Å². The number of ether oxygens (including phenoxy) is 1. The van der Waals surface area contributed by atoms with Gasteiger partial charge in [-0.3, -0.25) is 9.59 Å². The van der Waals surface area contributed by atoms with Gasteiger partial charge < -0.3 is 14.5 Å². The van der Waals surface area contributed by atoms with E-state index >= 15 is 0 Å². The number of carbonyl (C=O) groups excluding carboxylic acids is 3. The number of rotatable bonds is 7. The number of esters is 1. The van der Waals surface area contributed by atoms with E-state index in [0.717, 1.165) is 5.56 Å². The first-order valence-corrected chi connectivity index (χ1v) is 10.8. The van der Waals surface area contributed by atoms with Crippen molar-refractivity contribution in [2.24, 2.45) is 5.92 Å². The highest BCUT2D eigenvalue weighted by Gasteiger charge is 2.34. The van der Waals surface area contributed by atoms with E-state index in [4.69, 9.17) is 39.5 Å². The Morgan fingerprint density at radius 2 is 1.74 bits per heavy atom. The standard InChI is InChI=1S/C22H22Cl3N2O4/c1-31-20(28)8-14-10-26(12-15-4-2-3-5-18(15)21(25)29)22(30)27(11-14)13-16-6-7-17(23)9-19(16)24/h2-7,9,14,24H,8,10-13H2,1H3/q+1. The van der Waals surface area contributed by atoms with Crippen LogP contribution < -0.4 is 0 Å². The topological polar surface area (TPSA) is 66.9 Å². The van der Waals surface area contributed by atoms with Gasteiger partial charge in [0.05, 0.1) is 20.1 Å². The van der Waals surface area contributed by atoms with Crippen LogP contribution >= 0.6 is 23.2 Å². The molecule has 0 bridgehead atoms. The molecular weight excluding hydrogens is 463 g/mol. The highest BCUT2D eigenvalue weighted by atomic mass is 35.5. The molecule has 6 nitrogen and oxygen atoms in total. The van der Waals surface area contributed by atoms with Gasteiger partial charge in [0, 0.05) is 47.8 Å². The first-order valence-electron chi connectivity index (χ1n) is 9.62. The maximum atomic E-state index is 13.3. The summed E-state index contributed by atoms with van der Waals surface area (Å²) in [6, 6.07) is 11.9. The minimum atomic E-state index is -0.583. The van der Waals surface area contributed by atoms with Crippen LogP contribution in [0.4, 0.5) is 4.79 Å². The van der Waals surface area contributed by atoms with Crippen molar-refractivity contribution in [1.29, 1.82) is 0 Å². The van der Waals surface area contributed by atoms with Gasteiger partial charge in [-0.25, -0.2) is 4.79 Å². The summed E-state index contributed by atoms with van der Waals surface area (Å²) in [4.78, 5) is 40.2.